The van der Waals surface area contributed by atoms with Gasteiger partial charge in [0.2, 0.25) is 0 Å². The third kappa shape index (κ3) is 3.03. The third-order valence-electron chi connectivity index (χ3n) is 1.34. The second-order valence-electron chi connectivity index (χ2n) is 2.22. The Labute approximate surface area is 66.9 Å². The molecule has 0 atom stereocenters. The van der Waals surface area contributed by atoms with Crippen molar-refractivity contribution in [2.45, 2.75) is 19.3 Å². The predicted octanol–water partition coefficient (Wildman–Crippen LogP) is 2.39. The number of aryl methyl sites for hydroxylation is 1. The summed E-state index contributed by atoms with van der Waals surface area (Å²) < 4.78 is 5.05. The maximum absolute atomic E-state index is 5.05. The summed E-state index contributed by atoms with van der Waals surface area (Å²) in [6, 6.07) is 0. The second-order valence-corrected chi connectivity index (χ2v) is 2.22. The first-order chi connectivity index (χ1) is 5.43. The van der Waals surface area contributed by atoms with Crippen molar-refractivity contribution in [1.29, 1.82) is 0 Å². The molecule has 0 spiro atoms. The van der Waals surface area contributed by atoms with Crippen molar-refractivity contribution in [3.63, 3.8) is 0 Å². The minimum absolute atomic E-state index is 0.804. The summed E-state index contributed by atoms with van der Waals surface area (Å²) in [5.41, 5.74) is 0. The summed E-state index contributed by atoms with van der Waals surface area (Å²) >= 11 is 0. The van der Waals surface area contributed by atoms with Crippen LogP contribution in [0.3, 0.4) is 0 Å². The number of aromatic nitrogens is 1. The van der Waals surface area contributed by atoms with Gasteiger partial charge in [-0.2, -0.15) is 0 Å². The summed E-state index contributed by atoms with van der Waals surface area (Å²) in [4.78, 5) is 4.00. The van der Waals surface area contributed by atoms with Gasteiger partial charge < -0.3 is 4.42 Å². The van der Waals surface area contributed by atoms with Gasteiger partial charge in [-0.05, 0) is 19.8 Å². The van der Waals surface area contributed by atoms with Crippen LogP contribution in [-0.4, -0.2) is 4.98 Å². The number of hydrogen-bond acceptors (Lipinski definition) is 2. The average molecular weight is 150 g/mol. The van der Waals surface area contributed by atoms with Gasteiger partial charge in [0.25, 0.3) is 0 Å². The summed E-state index contributed by atoms with van der Waals surface area (Å²) in [5, 5.41) is 0. The van der Waals surface area contributed by atoms with E-state index in [1.54, 1.807) is 12.5 Å². The highest BCUT2D eigenvalue weighted by Crippen LogP contribution is 1.99. The fourth-order valence-electron chi connectivity index (χ4n) is 0.819. The number of nitrogens with zero attached hydrogens (tertiary/aromatic N) is 1. The Bertz CT molecular complexity index is 201. The van der Waals surface area contributed by atoms with E-state index in [0.29, 0.717) is 0 Å². The zero-order chi connectivity index (χ0) is 7.94. The van der Waals surface area contributed by atoms with E-state index in [-0.39, 0.29) is 0 Å². The molecule has 0 bridgehead atoms. The lowest BCUT2D eigenvalue weighted by Gasteiger charge is -1.87. The van der Waals surface area contributed by atoms with Crippen molar-refractivity contribution in [2.75, 3.05) is 0 Å². The van der Waals surface area contributed by atoms with Crippen molar-refractivity contribution in [3.8, 4) is 0 Å². The summed E-state index contributed by atoms with van der Waals surface area (Å²) in [6.07, 6.45) is 10.1. The van der Waals surface area contributed by atoms with Crippen LogP contribution in [0.15, 0.2) is 29.0 Å². The molecule has 0 unspecified atom stereocenters. The van der Waals surface area contributed by atoms with E-state index in [1.807, 2.05) is 6.08 Å². The van der Waals surface area contributed by atoms with Crippen LogP contribution in [0.1, 0.15) is 18.7 Å². The van der Waals surface area contributed by atoms with Gasteiger partial charge in [0.15, 0.2) is 5.89 Å². The van der Waals surface area contributed by atoms with E-state index in [0.717, 1.165) is 25.2 Å². The van der Waals surface area contributed by atoms with Gasteiger partial charge in [0.05, 0.1) is 6.20 Å². The molecule has 0 fully saturated rings. The molecular formula is C9H12NO. The van der Waals surface area contributed by atoms with Crippen LogP contribution < -0.4 is 0 Å². The van der Waals surface area contributed by atoms with Gasteiger partial charge in [0, 0.05) is 6.42 Å². The topological polar surface area (TPSA) is 26.0 Å². The standard InChI is InChI=1S/C9H12NO/c1-2-3-4-5-6-9-10-7-8-11-9/h3-4,7-8H,1-2,5-6H2. The Morgan fingerprint density at radius 3 is 3.09 bits per heavy atom. The summed E-state index contributed by atoms with van der Waals surface area (Å²) in [5.74, 6) is 0.804. The number of hydrogen-bond donors (Lipinski definition) is 0. The van der Waals surface area contributed by atoms with Crippen LogP contribution in [0, 0.1) is 6.92 Å². The van der Waals surface area contributed by atoms with Crippen LogP contribution in [0.4, 0.5) is 0 Å². The monoisotopic (exact) mass is 150 g/mol. The third-order valence-corrected chi connectivity index (χ3v) is 1.34. The Morgan fingerprint density at radius 2 is 2.45 bits per heavy atom. The lowest BCUT2D eigenvalue weighted by Crippen LogP contribution is -1.80. The van der Waals surface area contributed by atoms with Gasteiger partial charge in [-0.25, -0.2) is 4.98 Å². The van der Waals surface area contributed by atoms with E-state index in [2.05, 4.69) is 18.0 Å². The number of rotatable bonds is 4. The maximum Gasteiger partial charge on any atom is 0.194 e. The van der Waals surface area contributed by atoms with Crippen molar-refractivity contribution in [2.24, 2.45) is 0 Å². The molecule has 1 rings (SSSR count). The molecule has 0 N–H and O–H groups in total. The fourth-order valence-corrected chi connectivity index (χ4v) is 0.819. The SMILES string of the molecule is [CH2]CC=CCCc1ncco1. The first-order valence-electron chi connectivity index (χ1n) is 3.76. The van der Waals surface area contributed by atoms with Crippen LogP contribution in [0.2, 0.25) is 0 Å². The molecule has 1 radical (unpaired) electrons. The average Bonchev–Trinajstić information content (AvgIpc) is 2.50. The molecule has 0 saturated carbocycles. The number of allylic oxidation sites excluding steroid dienone is 2. The number of oxazole rings is 1. The quantitative estimate of drug-likeness (QED) is 0.616. The Kier molecular flexibility index (Phi) is 3.45. The predicted molar refractivity (Wildman–Crippen MR) is 43.9 cm³/mol. The van der Waals surface area contributed by atoms with Gasteiger partial charge in [-0.1, -0.05) is 12.2 Å². The second kappa shape index (κ2) is 4.72. The van der Waals surface area contributed by atoms with Crippen molar-refractivity contribution in [3.05, 3.63) is 37.4 Å². The van der Waals surface area contributed by atoms with E-state index in [9.17, 15) is 0 Å². The molecule has 1 aromatic rings. The molecule has 1 heterocycles. The summed E-state index contributed by atoms with van der Waals surface area (Å²) in [7, 11) is 0. The molecule has 0 aromatic carbocycles. The van der Waals surface area contributed by atoms with Crippen molar-refractivity contribution in [1.82, 2.24) is 4.98 Å². The molecule has 11 heavy (non-hydrogen) atoms. The minimum Gasteiger partial charge on any atom is -0.449 e. The van der Waals surface area contributed by atoms with E-state index in [1.165, 1.54) is 0 Å². The smallest absolute Gasteiger partial charge is 0.194 e. The lowest BCUT2D eigenvalue weighted by molar-refractivity contribution is 0.495. The molecule has 0 aliphatic carbocycles. The normalized spacial score (nSPS) is 11.0. The highest BCUT2D eigenvalue weighted by molar-refractivity contribution is 4.87. The first-order valence-corrected chi connectivity index (χ1v) is 3.76. The van der Waals surface area contributed by atoms with Gasteiger partial charge in [-0.15, -0.1) is 0 Å². The fraction of sp³-hybridized carbons (Fsp3) is 0.333. The highest BCUT2D eigenvalue weighted by Gasteiger charge is 1.92. The largest absolute Gasteiger partial charge is 0.449 e. The minimum atomic E-state index is 0.804. The molecule has 0 aliphatic rings. The maximum atomic E-state index is 5.05. The summed E-state index contributed by atoms with van der Waals surface area (Å²) in [6.45, 7) is 3.69. The molecule has 0 saturated heterocycles. The zero-order valence-electron chi connectivity index (χ0n) is 6.49. The molecule has 0 amide bonds. The Hall–Kier alpha value is -1.05. The Balaban J connectivity index is 2.19. The first kappa shape index (κ1) is 8.05. The van der Waals surface area contributed by atoms with Crippen LogP contribution in [0.25, 0.3) is 0 Å². The van der Waals surface area contributed by atoms with E-state index in [4.69, 9.17) is 4.42 Å². The molecule has 1 aromatic heterocycles. The van der Waals surface area contributed by atoms with Crippen LogP contribution in [-0.2, 0) is 6.42 Å². The van der Waals surface area contributed by atoms with Gasteiger partial charge in [0.1, 0.15) is 6.26 Å². The van der Waals surface area contributed by atoms with Crippen molar-refractivity contribution >= 4 is 0 Å². The Morgan fingerprint density at radius 1 is 1.55 bits per heavy atom. The lowest BCUT2D eigenvalue weighted by atomic mass is 10.3. The molecule has 0 aliphatic heterocycles. The van der Waals surface area contributed by atoms with E-state index < -0.39 is 0 Å². The van der Waals surface area contributed by atoms with Gasteiger partial charge in [-0.3, -0.25) is 0 Å². The van der Waals surface area contributed by atoms with Crippen LogP contribution in [0.5, 0.6) is 0 Å². The van der Waals surface area contributed by atoms with Crippen LogP contribution >= 0.6 is 0 Å². The highest BCUT2D eigenvalue weighted by atomic mass is 16.3. The molecular weight excluding hydrogens is 138 g/mol. The van der Waals surface area contributed by atoms with E-state index >= 15 is 0 Å². The zero-order valence-corrected chi connectivity index (χ0v) is 6.49. The van der Waals surface area contributed by atoms with Gasteiger partial charge >= 0.3 is 0 Å². The molecule has 2 heteroatoms. The van der Waals surface area contributed by atoms with Crippen molar-refractivity contribution < 1.29 is 4.42 Å². The molecule has 59 valence electrons. The molecule has 2 nitrogen and oxygen atoms in total.